The summed E-state index contributed by atoms with van der Waals surface area (Å²) in [6.45, 7) is 1.19. The normalized spacial score (nSPS) is 18.9. The molecule has 0 saturated carbocycles. The van der Waals surface area contributed by atoms with E-state index < -0.39 is 6.10 Å². The van der Waals surface area contributed by atoms with Crippen LogP contribution in [0.1, 0.15) is 18.3 Å². The van der Waals surface area contributed by atoms with Gasteiger partial charge in [0.1, 0.15) is 17.4 Å². The molecule has 4 heteroatoms. The molecule has 0 aliphatic carbocycles. The highest BCUT2D eigenvalue weighted by Gasteiger charge is 2.23. The monoisotopic (exact) mass is 234 g/mol. The van der Waals surface area contributed by atoms with Crippen molar-refractivity contribution in [3.8, 4) is 0 Å². The van der Waals surface area contributed by atoms with Crippen LogP contribution in [-0.2, 0) is 9.47 Å². The number of benzene rings is 1. The maximum absolute atomic E-state index is 10.0. The minimum absolute atomic E-state index is 0.321. The zero-order valence-electron chi connectivity index (χ0n) is 9.33. The van der Waals surface area contributed by atoms with Gasteiger partial charge in [-0.3, -0.25) is 0 Å². The Kier molecular flexibility index (Phi) is 2.84. The SMILES string of the molecule is OC(CC1OCCO1)c1cc2ccccc2o1. The van der Waals surface area contributed by atoms with Gasteiger partial charge in [0, 0.05) is 11.8 Å². The lowest BCUT2D eigenvalue weighted by atomic mass is 10.2. The number of ether oxygens (including phenoxy) is 2. The smallest absolute Gasteiger partial charge is 0.160 e. The first-order chi connectivity index (χ1) is 8.33. The van der Waals surface area contributed by atoms with Crippen molar-refractivity contribution in [1.82, 2.24) is 0 Å². The number of rotatable bonds is 3. The average molecular weight is 234 g/mol. The highest BCUT2D eigenvalue weighted by atomic mass is 16.7. The minimum Gasteiger partial charge on any atom is -0.458 e. The number of fused-ring (bicyclic) bond motifs is 1. The van der Waals surface area contributed by atoms with Gasteiger partial charge in [0.2, 0.25) is 0 Å². The molecule has 1 aromatic carbocycles. The van der Waals surface area contributed by atoms with Crippen molar-refractivity contribution in [2.45, 2.75) is 18.8 Å². The Hall–Kier alpha value is -1.36. The van der Waals surface area contributed by atoms with E-state index in [1.54, 1.807) is 0 Å². The van der Waals surface area contributed by atoms with Crippen molar-refractivity contribution in [1.29, 1.82) is 0 Å². The molecule has 1 aliphatic rings. The Morgan fingerprint density at radius 3 is 2.76 bits per heavy atom. The van der Waals surface area contributed by atoms with Crippen molar-refractivity contribution in [2.24, 2.45) is 0 Å². The van der Waals surface area contributed by atoms with Gasteiger partial charge in [-0.15, -0.1) is 0 Å². The van der Waals surface area contributed by atoms with Gasteiger partial charge in [-0.25, -0.2) is 0 Å². The molecule has 1 aromatic heterocycles. The summed E-state index contributed by atoms with van der Waals surface area (Å²) in [5, 5.41) is 11.0. The zero-order valence-corrected chi connectivity index (χ0v) is 9.33. The lowest BCUT2D eigenvalue weighted by Gasteiger charge is -2.12. The van der Waals surface area contributed by atoms with Crippen LogP contribution in [0.4, 0.5) is 0 Å². The Labute approximate surface area is 98.7 Å². The molecule has 1 saturated heterocycles. The standard InChI is InChI=1S/C13H14O4/c14-10(8-13-15-5-6-16-13)12-7-9-3-1-2-4-11(9)17-12/h1-4,7,10,13-14H,5-6,8H2. The van der Waals surface area contributed by atoms with E-state index in [9.17, 15) is 5.11 Å². The summed E-state index contributed by atoms with van der Waals surface area (Å²) in [7, 11) is 0. The molecule has 0 spiro atoms. The highest BCUT2D eigenvalue weighted by molar-refractivity contribution is 5.77. The molecule has 1 unspecified atom stereocenters. The van der Waals surface area contributed by atoms with E-state index >= 15 is 0 Å². The summed E-state index contributed by atoms with van der Waals surface area (Å²) in [5.74, 6) is 0.560. The molecule has 1 N–H and O–H groups in total. The summed E-state index contributed by atoms with van der Waals surface area (Å²) in [5.41, 5.74) is 0.787. The van der Waals surface area contributed by atoms with Crippen LogP contribution in [0, 0.1) is 0 Å². The summed E-state index contributed by atoms with van der Waals surface area (Å²) >= 11 is 0. The van der Waals surface area contributed by atoms with Crippen LogP contribution in [0.3, 0.4) is 0 Å². The minimum atomic E-state index is -0.689. The number of furan rings is 1. The van der Waals surface area contributed by atoms with E-state index in [-0.39, 0.29) is 6.29 Å². The third-order valence-corrected chi connectivity index (χ3v) is 2.88. The van der Waals surface area contributed by atoms with Gasteiger partial charge in [0.05, 0.1) is 13.2 Å². The highest BCUT2D eigenvalue weighted by Crippen LogP contribution is 2.27. The molecule has 0 amide bonds. The van der Waals surface area contributed by atoms with Gasteiger partial charge in [-0.2, -0.15) is 0 Å². The van der Waals surface area contributed by atoms with Gasteiger partial charge >= 0.3 is 0 Å². The maximum Gasteiger partial charge on any atom is 0.160 e. The number of hydrogen-bond acceptors (Lipinski definition) is 4. The second-order valence-corrected chi connectivity index (χ2v) is 4.11. The molecular weight excluding hydrogens is 220 g/mol. The molecule has 1 atom stereocenters. The summed E-state index contributed by atoms with van der Waals surface area (Å²) in [6.07, 6.45) is -0.608. The lowest BCUT2D eigenvalue weighted by molar-refractivity contribution is -0.0734. The average Bonchev–Trinajstić information content (AvgIpc) is 2.96. The van der Waals surface area contributed by atoms with Gasteiger partial charge in [0.15, 0.2) is 6.29 Å². The number of hydrogen-bond donors (Lipinski definition) is 1. The third-order valence-electron chi connectivity index (χ3n) is 2.88. The van der Waals surface area contributed by atoms with E-state index in [0.29, 0.717) is 25.4 Å². The van der Waals surface area contributed by atoms with Crippen molar-refractivity contribution >= 4 is 11.0 Å². The Balaban J connectivity index is 1.77. The predicted octanol–water partition coefficient (Wildman–Crippen LogP) is 2.23. The summed E-state index contributed by atoms with van der Waals surface area (Å²) < 4.78 is 16.2. The third kappa shape index (κ3) is 2.20. The van der Waals surface area contributed by atoms with Crippen molar-refractivity contribution in [3.05, 3.63) is 36.1 Å². The van der Waals surface area contributed by atoms with E-state index in [1.807, 2.05) is 30.3 Å². The van der Waals surface area contributed by atoms with Crippen molar-refractivity contribution < 1.29 is 19.0 Å². The Morgan fingerprint density at radius 2 is 2.00 bits per heavy atom. The lowest BCUT2D eigenvalue weighted by Crippen LogP contribution is -2.12. The predicted molar refractivity (Wildman–Crippen MR) is 61.5 cm³/mol. The maximum atomic E-state index is 10.0. The second-order valence-electron chi connectivity index (χ2n) is 4.11. The van der Waals surface area contributed by atoms with E-state index in [2.05, 4.69) is 0 Å². The number of aliphatic hydroxyl groups is 1. The van der Waals surface area contributed by atoms with Gasteiger partial charge < -0.3 is 19.0 Å². The van der Waals surface area contributed by atoms with Crippen LogP contribution >= 0.6 is 0 Å². The fourth-order valence-corrected chi connectivity index (χ4v) is 2.01. The first kappa shape index (κ1) is 10.8. The Bertz CT molecular complexity index is 466. The molecule has 1 aliphatic heterocycles. The van der Waals surface area contributed by atoms with Gasteiger partial charge in [0.25, 0.3) is 0 Å². The molecule has 1 fully saturated rings. The second kappa shape index (κ2) is 4.49. The van der Waals surface area contributed by atoms with Crippen LogP contribution in [0.2, 0.25) is 0 Å². The first-order valence-corrected chi connectivity index (χ1v) is 5.73. The molecule has 3 rings (SSSR count). The molecule has 0 bridgehead atoms. The molecule has 2 heterocycles. The number of para-hydroxylation sites is 1. The fourth-order valence-electron chi connectivity index (χ4n) is 2.01. The van der Waals surface area contributed by atoms with Crippen LogP contribution in [0.25, 0.3) is 11.0 Å². The molecule has 17 heavy (non-hydrogen) atoms. The number of aliphatic hydroxyl groups excluding tert-OH is 1. The Morgan fingerprint density at radius 1 is 1.24 bits per heavy atom. The molecule has 0 radical (unpaired) electrons. The van der Waals surface area contributed by atoms with Gasteiger partial charge in [-0.1, -0.05) is 18.2 Å². The van der Waals surface area contributed by atoms with E-state index in [0.717, 1.165) is 11.0 Å². The molecule has 4 nitrogen and oxygen atoms in total. The zero-order chi connectivity index (χ0) is 11.7. The van der Waals surface area contributed by atoms with Crippen molar-refractivity contribution in [3.63, 3.8) is 0 Å². The summed E-state index contributed by atoms with van der Waals surface area (Å²) in [4.78, 5) is 0. The van der Waals surface area contributed by atoms with Crippen LogP contribution in [0.15, 0.2) is 34.7 Å². The summed E-state index contributed by atoms with van der Waals surface area (Å²) in [6, 6.07) is 9.54. The molecule has 2 aromatic rings. The first-order valence-electron chi connectivity index (χ1n) is 5.73. The van der Waals surface area contributed by atoms with E-state index in [4.69, 9.17) is 13.9 Å². The topological polar surface area (TPSA) is 51.8 Å². The van der Waals surface area contributed by atoms with Crippen LogP contribution in [-0.4, -0.2) is 24.6 Å². The quantitative estimate of drug-likeness (QED) is 0.884. The largest absolute Gasteiger partial charge is 0.458 e. The fraction of sp³-hybridized carbons (Fsp3) is 0.385. The van der Waals surface area contributed by atoms with Gasteiger partial charge in [-0.05, 0) is 12.1 Å². The van der Waals surface area contributed by atoms with Crippen LogP contribution < -0.4 is 0 Å². The van der Waals surface area contributed by atoms with E-state index in [1.165, 1.54) is 0 Å². The van der Waals surface area contributed by atoms with Crippen molar-refractivity contribution in [2.75, 3.05) is 13.2 Å². The van der Waals surface area contributed by atoms with Crippen LogP contribution in [0.5, 0.6) is 0 Å². The molecular formula is C13H14O4. The molecule has 90 valence electrons.